The van der Waals surface area contributed by atoms with E-state index in [4.69, 9.17) is 18.0 Å². The van der Waals surface area contributed by atoms with Crippen molar-refractivity contribution in [1.82, 2.24) is 5.32 Å². The van der Waals surface area contributed by atoms with Crippen LogP contribution in [0.1, 0.15) is 45.4 Å². The Balaban J connectivity index is 1.67. The molecule has 0 atom stereocenters. The number of thiocarbonyl (C=S) groups is 1. The molecule has 0 heterocycles. The van der Waals surface area contributed by atoms with Gasteiger partial charge in [-0.1, -0.05) is 19.1 Å². The van der Waals surface area contributed by atoms with Gasteiger partial charge in [0.05, 0.1) is 10.4 Å². The van der Waals surface area contributed by atoms with E-state index in [-0.39, 0.29) is 5.91 Å². The monoisotopic (exact) mass is 266 g/mol. The first-order valence-electron chi connectivity index (χ1n) is 7.14. The normalized spacial score (nSPS) is 35.1. The first kappa shape index (κ1) is 12.4. The molecule has 0 unspecified atom stereocenters. The summed E-state index contributed by atoms with van der Waals surface area (Å²) in [6.07, 6.45) is 6.76. The number of carbonyl (C=O) groups is 1. The van der Waals surface area contributed by atoms with E-state index in [9.17, 15) is 4.79 Å². The molecule has 100 valence electrons. The first-order valence-corrected chi connectivity index (χ1v) is 7.54. The van der Waals surface area contributed by atoms with Crippen LogP contribution in [0.3, 0.4) is 0 Å². The molecular weight excluding hydrogens is 244 g/mol. The summed E-state index contributed by atoms with van der Waals surface area (Å²) in [5.74, 6) is 2.12. The van der Waals surface area contributed by atoms with Crippen LogP contribution in [0.4, 0.5) is 0 Å². The number of hydrogen-bond donors (Lipinski definition) is 2. The van der Waals surface area contributed by atoms with Crippen molar-refractivity contribution in [3.63, 3.8) is 0 Å². The van der Waals surface area contributed by atoms with Gasteiger partial charge in [0.15, 0.2) is 0 Å². The zero-order valence-corrected chi connectivity index (χ0v) is 11.8. The van der Waals surface area contributed by atoms with Crippen molar-refractivity contribution in [3.8, 4) is 0 Å². The van der Waals surface area contributed by atoms with Gasteiger partial charge in [0.2, 0.25) is 5.91 Å². The smallest absolute Gasteiger partial charge is 0.233 e. The van der Waals surface area contributed by atoms with Gasteiger partial charge in [0.1, 0.15) is 0 Å². The van der Waals surface area contributed by atoms with Gasteiger partial charge >= 0.3 is 0 Å². The summed E-state index contributed by atoms with van der Waals surface area (Å²) in [4.78, 5) is 12.9. The SMILES string of the molecule is CC1CC(C(=O)NC(C2CC2)C2CC2)(C(N)=S)C1. The Hall–Kier alpha value is -0.640. The van der Waals surface area contributed by atoms with E-state index in [1.54, 1.807) is 0 Å². The average Bonchev–Trinajstić information content (AvgIpc) is 3.13. The maximum atomic E-state index is 12.5. The highest BCUT2D eigenvalue weighted by Crippen LogP contribution is 2.48. The van der Waals surface area contributed by atoms with Crippen LogP contribution in [0.25, 0.3) is 0 Å². The van der Waals surface area contributed by atoms with E-state index in [1.165, 1.54) is 25.7 Å². The predicted molar refractivity (Wildman–Crippen MR) is 75.0 cm³/mol. The van der Waals surface area contributed by atoms with E-state index in [0.29, 0.717) is 16.9 Å². The second-order valence-electron chi connectivity index (χ2n) is 6.63. The highest BCUT2D eigenvalue weighted by atomic mass is 32.1. The molecule has 3 rings (SSSR count). The number of rotatable bonds is 5. The molecule has 0 spiro atoms. The van der Waals surface area contributed by atoms with Crippen molar-refractivity contribution >= 4 is 23.1 Å². The molecule has 0 aliphatic heterocycles. The number of nitrogens with two attached hydrogens (primary N) is 1. The molecule has 3 aliphatic rings. The van der Waals surface area contributed by atoms with Crippen LogP contribution in [-0.2, 0) is 4.79 Å². The molecule has 3 aliphatic carbocycles. The van der Waals surface area contributed by atoms with Gasteiger partial charge in [-0.25, -0.2) is 0 Å². The fraction of sp³-hybridized carbons (Fsp3) is 0.857. The number of nitrogens with one attached hydrogen (secondary N) is 1. The van der Waals surface area contributed by atoms with Crippen LogP contribution in [-0.4, -0.2) is 16.9 Å². The van der Waals surface area contributed by atoms with E-state index in [1.807, 2.05) is 0 Å². The lowest BCUT2D eigenvalue weighted by Gasteiger charge is -2.44. The standard InChI is InChI=1S/C14H22N2OS/c1-8-6-14(7-8,12(15)18)13(17)16-11(9-2-3-9)10-4-5-10/h8-11H,2-7H2,1H3,(H2,15,18)(H,16,17). The summed E-state index contributed by atoms with van der Waals surface area (Å²) in [5.41, 5.74) is 5.29. The lowest BCUT2D eigenvalue weighted by atomic mass is 9.62. The molecular formula is C14H22N2OS. The molecule has 4 heteroatoms. The summed E-state index contributed by atoms with van der Waals surface area (Å²) in [7, 11) is 0. The average molecular weight is 266 g/mol. The molecule has 0 bridgehead atoms. The maximum absolute atomic E-state index is 12.5. The largest absolute Gasteiger partial charge is 0.392 e. The van der Waals surface area contributed by atoms with Crippen molar-refractivity contribution in [3.05, 3.63) is 0 Å². The summed E-state index contributed by atoms with van der Waals surface area (Å²) >= 11 is 5.14. The van der Waals surface area contributed by atoms with Gasteiger partial charge in [-0.05, 0) is 56.3 Å². The Morgan fingerprint density at radius 3 is 2.11 bits per heavy atom. The van der Waals surface area contributed by atoms with Gasteiger partial charge in [0.25, 0.3) is 0 Å². The molecule has 1 amide bonds. The van der Waals surface area contributed by atoms with Crippen LogP contribution in [0.2, 0.25) is 0 Å². The van der Waals surface area contributed by atoms with Crippen LogP contribution in [0.15, 0.2) is 0 Å². The van der Waals surface area contributed by atoms with Gasteiger partial charge in [0, 0.05) is 6.04 Å². The molecule has 3 nitrogen and oxygen atoms in total. The maximum Gasteiger partial charge on any atom is 0.233 e. The Labute approximate surface area is 114 Å². The minimum atomic E-state index is -0.531. The lowest BCUT2D eigenvalue weighted by Crippen LogP contribution is -2.58. The van der Waals surface area contributed by atoms with E-state index < -0.39 is 5.41 Å². The van der Waals surface area contributed by atoms with Crippen LogP contribution in [0.5, 0.6) is 0 Å². The van der Waals surface area contributed by atoms with Crippen molar-refractivity contribution in [2.45, 2.75) is 51.5 Å². The number of amides is 1. The number of hydrogen-bond acceptors (Lipinski definition) is 2. The van der Waals surface area contributed by atoms with Crippen molar-refractivity contribution in [2.24, 2.45) is 28.9 Å². The second kappa shape index (κ2) is 4.19. The molecule has 0 aromatic carbocycles. The molecule has 3 saturated carbocycles. The van der Waals surface area contributed by atoms with Crippen molar-refractivity contribution in [2.75, 3.05) is 0 Å². The third-order valence-corrected chi connectivity index (χ3v) is 5.25. The third kappa shape index (κ3) is 2.04. The topological polar surface area (TPSA) is 55.1 Å². The molecule has 3 fully saturated rings. The highest BCUT2D eigenvalue weighted by molar-refractivity contribution is 7.80. The van der Waals surface area contributed by atoms with Gasteiger partial charge in [-0.15, -0.1) is 0 Å². The Bertz CT molecular complexity index is 369. The Morgan fingerprint density at radius 2 is 1.78 bits per heavy atom. The quantitative estimate of drug-likeness (QED) is 0.748. The van der Waals surface area contributed by atoms with Crippen LogP contribution in [0, 0.1) is 23.2 Å². The summed E-state index contributed by atoms with van der Waals surface area (Å²) < 4.78 is 0. The van der Waals surface area contributed by atoms with Crippen LogP contribution >= 0.6 is 12.2 Å². The minimum Gasteiger partial charge on any atom is -0.392 e. The molecule has 0 aromatic rings. The summed E-state index contributed by atoms with van der Waals surface area (Å²) in [6.45, 7) is 2.16. The molecule has 0 aromatic heterocycles. The van der Waals surface area contributed by atoms with Crippen LogP contribution < -0.4 is 11.1 Å². The highest BCUT2D eigenvalue weighted by Gasteiger charge is 2.53. The molecule has 0 radical (unpaired) electrons. The van der Waals surface area contributed by atoms with Gasteiger partial charge < -0.3 is 11.1 Å². The van der Waals surface area contributed by atoms with E-state index >= 15 is 0 Å². The lowest BCUT2D eigenvalue weighted by molar-refractivity contribution is -0.134. The van der Waals surface area contributed by atoms with Crippen molar-refractivity contribution in [1.29, 1.82) is 0 Å². The molecule has 18 heavy (non-hydrogen) atoms. The number of carbonyl (C=O) groups excluding carboxylic acids is 1. The van der Waals surface area contributed by atoms with E-state index in [2.05, 4.69) is 12.2 Å². The zero-order chi connectivity index (χ0) is 12.9. The fourth-order valence-electron chi connectivity index (χ4n) is 3.45. The first-order chi connectivity index (χ1) is 8.53. The predicted octanol–water partition coefficient (Wildman–Crippen LogP) is 1.99. The summed E-state index contributed by atoms with van der Waals surface area (Å²) in [5, 5.41) is 3.28. The Morgan fingerprint density at radius 1 is 1.28 bits per heavy atom. The van der Waals surface area contributed by atoms with Gasteiger partial charge in [-0.2, -0.15) is 0 Å². The molecule has 0 saturated heterocycles. The molecule has 3 N–H and O–H groups in total. The minimum absolute atomic E-state index is 0.108. The zero-order valence-electron chi connectivity index (χ0n) is 10.9. The summed E-state index contributed by atoms with van der Waals surface area (Å²) in [6, 6.07) is 0.402. The second-order valence-corrected chi connectivity index (χ2v) is 7.07. The van der Waals surface area contributed by atoms with Gasteiger partial charge in [-0.3, -0.25) is 4.79 Å². The van der Waals surface area contributed by atoms with E-state index in [0.717, 1.165) is 24.7 Å². The fourth-order valence-corrected chi connectivity index (χ4v) is 3.71. The Kier molecular flexibility index (Phi) is 2.88. The third-order valence-electron chi connectivity index (χ3n) is 4.86. The van der Waals surface area contributed by atoms with Crippen molar-refractivity contribution < 1.29 is 4.79 Å².